The Morgan fingerprint density at radius 1 is 1.00 bits per heavy atom. The van der Waals surface area contributed by atoms with Crippen LogP contribution < -0.4 is 9.47 Å². The van der Waals surface area contributed by atoms with E-state index in [0.29, 0.717) is 37.6 Å². The monoisotopic (exact) mass is 500 g/mol. The Morgan fingerprint density at radius 3 is 2.43 bits per heavy atom. The number of unbranched alkanes of at least 4 members (excludes halogenated alkanes) is 1. The van der Waals surface area contributed by atoms with E-state index in [1.807, 2.05) is 39.4 Å². The molecule has 6 nitrogen and oxygen atoms in total. The maximum atomic E-state index is 13.6. The number of ether oxygens (including phenoxy) is 2. The van der Waals surface area contributed by atoms with Crippen LogP contribution >= 0.6 is 11.3 Å². The van der Waals surface area contributed by atoms with Gasteiger partial charge in [-0.1, -0.05) is 44.7 Å². The molecule has 0 atom stereocenters. The van der Waals surface area contributed by atoms with Gasteiger partial charge >= 0.3 is 0 Å². The van der Waals surface area contributed by atoms with Crippen LogP contribution in [0.5, 0.6) is 11.5 Å². The van der Waals surface area contributed by atoms with Crippen molar-refractivity contribution in [2.75, 3.05) is 33.9 Å². The van der Waals surface area contributed by atoms with E-state index in [1.165, 1.54) is 6.42 Å². The largest absolute Gasteiger partial charge is 0.493 e. The Labute approximate surface area is 214 Å². The topological polar surface area (TPSA) is 59.1 Å². The quantitative estimate of drug-likeness (QED) is 0.362. The van der Waals surface area contributed by atoms with E-state index in [2.05, 4.69) is 13.0 Å². The third-order valence-corrected chi connectivity index (χ3v) is 7.63. The molecule has 35 heavy (non-hydrogen) atoms. The molecular formula is C28H40N2O4S. The summed E-state index contributed by atoms with van der Waals surface area (Å²) in [5.41, 5.74) is 1.08. The standard InChI is InChI=1S/C28H40N2O4S/c1-4-5-16-30(28(32)23-10-7-6-8-11-23)21-27(31)29(20-24-12-9-18-35-24)17-15-22-13-14-25(33-2)26(19-22)34-3/h9,12-14,18-19,23H,4-8,10-11,15-17,20-21H2,1-3H3. The Morgan fingerprint density at radius 2 is 1.77 bits per heavy atom. The van der Waals surface area contributed by atoms with Gasteiger partial charge in [-0.05, 0) is 54.8 Å². The van der Waals surface area contributed by atoms with Crippen molar-refractivity contribution in [2.45, 2.75) is 64.8 Å². The van der Waals surface area contributed by atoms with Crippen LogP contribution in [0.3, 0.4) is 0 Å². The lowest BCUT2D eigenvalue weighted by atomic mass is 9.88. The van der Waals surface area contributed by atoms with Crippen molar-refractivity contribution in [1.29, 1.82) is 0 Å². The molecule has 3 rings (SSSR count). The Balaban J connectivity index is 1.71. The lowest BCUT2D eigenvalue weighted by Gasteiger charge is -2.31. The molecule has 0 radical (unpaired) electrons. The molecule has 2 aromatic rings. The van der Waals surface area contributed by atoms with E-state index < -0.39 is 0 Å². The highest BCUT2D eigenvalue weighted by Gasteiger charge is 2.28. The van der Waals surface area contributed by atoms with Crippen LogP contribution in [0.15, 0.2) is 35.7 Å². The second-order valence-corrected chi connectivity index (χ2v) is 10.3. The summed E-state index contributed by atoms with van der Waals surface area (Å²) in [5, 5.41) is 2.03. The minimum atomic E-state index is 0.0131. The fourth-order valence-electron chi connectivity index (χ4n) is 4.67. The fraction of sp³-hybridized carbons (Fsp3) is 0.571. The summed E-state index contributed by atoms with van der Waals surface area (Å²) in [4.78, 5) is 31.8. The highest BCUT2D eigenvalue weighted by atomic mass is 32.1. The minimum absolute atomic E-state index is 0.0131. The Bertz CT molecular complexity index is 925. The molecule has 0 unspecified atom stereocenters. The molecule has 192 valence electrons. The van der Waals surface area contributed by atoms with Crippen molar-refractivity contribution in [3.05, 3.63) is 46.2 Å². The van der Waals surface area contributed by atoms with E-state index in [4.69, 9.17) is 9.47 Å². The number of rotatable bonds is 13. The lowest BCUT2D eigenvalue weighted by molar-refractivity contribution is -0.144. The molecule has 1 heterocycles. The molecule has 1 fully saturated rings. The summed E-state index contributed by atoms with van der Waals surface area (Å²) < 4.78 is 10.8. The van der Waals surface area contributed by atoms with Crippen molar-refractivity contribution in [3.8, 4) is 11.5 Å². The summed E-state index contributed by atoms with van der Waals surface area (Å²) >= 11 is 1.65. The van der Waals surface area contributed by atoms with Crippen LogP contribution in [-0.2, 0) is 22.6 Å². The molecule has 1 aliphatic rings. The molecule has 2 amide bonds. The summed E-state index contributed by atoms with van der Waals surface area (Å²) in [6.07, 6.45) is 7.96. The first-order chi connectivity index (χ1) is 17.0. The van der Waals surface area contributed by atoms with Gasteiger partial charge in [-0.25, -0.2) is 0 Å². The highest BCUT2D eigenvalue weighted by molar-refractivity contribution is 7.09. The van der Waals surface area contributed by atoms with E-state index in [9.17, 15) is 9.59 Å². The van der Waals surface area contributed by atoms with Crippen molar-refractivity contribution in [3.63, 3.8) is 0 Å². The zero-order valence-corrected chi connectivity index (χ0v) is 22.3. The van der Waals surface area contributed by atoms with Gasteiger partial charge in [0.05, 0.1) is 27.3 Å². The Kier molecular flexibility index (Phi) is 10.9. The first kappa shape index (κ1) is 27.1. The molecule has 0 aliphatic heterocycles. The highest BCUT2D eigenvalue weighted by Crippen LogP contribution is 2.28. The number of nitrogens with zero attached hydrogens (tertiary/aromatic N) is 2. The minimum Gasteiger partial charge on any atom is -0.493 e. The van der Waals surface area contributed by atoms with E-state index in [0.717, 1.165) is 49.0 Å². The number of hydrogen-bond donors (Lipinski definition) is 0. The predicted molar refractivity (Wildman–Crippen MR) is 141 cm³/mol. The number of carbonyl (C=O) groups excluding carboxylic acids is 2. The maximum absolute atomic E-state index is 13.6. The third kappa shape index (κ3) is 7.99. The molecule has 7 heteroatoms. The van der Waals surface area contributed by atoms with Gasteiger partial charge < -0.3 is 19.3 Å². The van der Waals surface area contributed by atoms with E-state index >= 15 is 0 Å². The zero-order valence-electron chi connectivity index (χ0n) is 21.5. The number of benzene rings is 1. The van der Waals surface area contributed by atoms with Crippen molar-refractivity contribution >= 4 is 23.2 Å². The van der Waals surface area contributed by atoms with Gasteiger partial charge in [0.1, 0.15) is 0 Å². The molecule has 1 saturated carbocycles. The molecule has 0 N–H and O–H groups in total. The van der Waals surface area contributed by atoms with E-state index in [1.54, 1.807) is 25.6 Å². The van der Waals surface area contributed by atoms with Gasteiger partial charge in [-0.15, -0.1) is 11.3 Å². The van der Waals surface area contributed by atoms with Gasteiger partial charge in [0.25, 0.3) is 0 Å². The first-order valence-electron chi connectivity index (χ1n) is 12.9. The van der Waals surface area contributed by atoms with Crippen LogP contribution in [0.25, 0.3) is 0 Å². The number of carbonyl (C=O) groups is 2. The third-order valence-electron chi connectivity index (χ3n) is 6.77. The summed E-state index contributed by atoms with van der Waals surface area (Å²) in [5.74, 6) is 1.63. The smallest absolute Gasteiger partial charge is 0.242 e. The van der Waals surface area contributed by atoms with Gasteiger partial charge in [0, 0.05) is 23.9 Å². The molecule has 1 aliphatic carbocycles. The van der Waals surface area contributed by atoms with Gasteiger partial charge in [-0.3, -0.25) is 9.59 Å². The van der Waals surface area contributed by atoms with Crippen molar-refractivity contribution in [1.82, 2.24) is 9.80 Å². The maximum Gasteiger partial charge on any atom is 0.242 e. The van der Waals surface area contributed by atoms with Crippen LogP contribution in [0.2, 0.25) is 0 Å². The second kappa shape index (κ2) is 14.1. The molecule has 0 saturated heterocycles. The van der Waals surface area contributed by atoms with Gasteiger partial charge in [0.2, 0.25) is 11.8 Å². The van der Waals surface area contributed by atoms with Crippen molar-refractivity contribution < 1.29 is 19.1 Å². The number of amides is 2. The molecule has 1 aromatic heterocycles. The second-order valence-electron chi connectivity index (χ2n) is 9.28. The number of thiophene rings is 1. The summed E-state index contributed by atoms with van der Waals surface area (Å²) in [6, 6.07) is 9.94. The Hall–Kier alpha value is -2.54. The average molecular weight is 501 g/mol. The molecule has 0 bridgehead atoms. The number of hydrogen-bond acceptors (Lipinski definition) is 5. The first-order valence-corrected chi connectivity index (χ1v) is 13.7. The van der Waals surface area contributed by atoms with Gasteiger partial charge in [-0.2, -0.15) is 0 Å². The fourth-order valence-corrected chi connectivity index (χ4v) is 5.39. The van der Waals surface area contributed by atoms with Crippen LogP contribution in [0, 0.1) is 5.92 Å². The number of methoxy groups -OCH3 is 2. The average Bonchev–Trinajstić information content (AvgIpc) is 3.42. The zero-order chi connectivity index (χ0) is 25.0. The summed E-state index contributed by atoms with van der Waals surface area (Å²) in [7, 11) is 3.25. The van der Waals surface area contributed by atoms with Crippen LogP contribution in [0.1, 0.15) is 62.3 Å². The summed E-state index contributed by atoms with van der Waals surface area (Å²) in [6.45, 7) is 4.07. The normalized spacial score (nSPS) is 13.9. The predicted octanol–water partition coefficient (Wildman–Crippen LogP) is 5.55. The van der Waals surface area contributed by atoms with Crippen molar-refractivity contribution in [2.24, 2.45) is 5.92 Å². The van der Waals surface area contributed by atoms with Gasteiger partial charge in [0.15, 0.2) is 11.5 Å². The molecular weight excluding hydrogens is 460 g/mol. The van der Waals surface area contributed by atoms with Crippen LogP contribution in [0.4, 0.5) is 0 Å². The van der Waals surface area contributed by atoms with Crippen LogP contribution in [-0.4, -0.2) is 55.5 Å². The molecule has 1 aromatic carbocycles. The molecule has 0 spiro atoms. The SMILES string of the molecule is CCCCN(CC(=O)N(CCc1ccc(OC)c(OC)c1)Cc1cccs1)C(=O)C1CCCCC1. The lowest BCUT2D eigenvalue weighted by Crippen LogP contribution is -2.45. The van der Waals surface area contributed by atoms with E-state index in [-0.39, 0.29) is 24.3 Å².